The van der Waals surface area contributed by atoms with Gasteiger partial charge in [0.1, 0.15) is 5.57 Å². The Bertz CT molecular complexity index is 517. The third kappa shape index (κ3) is 1.80. The third-order valence-electron chi connectivity index (χ3n) is 2.32. The topological polar surface area (TPSA) is 111 Å². The van der Waals surface area contributed by atoms with Crippen LogP contribution in [0.25, 0.3) is 0 Å². The molecule has 8 nitrogen and oxygen atoms in total. The highest BCUT2D eigenvalue weighted by atomic mass is 16.6. The van der Waals surface area contributed by atoms with Crippen LogP contribution in [0.5, 0.6) is 0 Å². The fourth-order valence-corrected chi connectivity index (χ4v) is 1.57. The lowest BCUT2D eigenvalue weighted by Crippen LogP contribution is -2.31. The smallest absolute Gasteiger partial charge is 0.346 e. The van der Waals surface area contributed by atoms with Gasteiger partial charge in [0, 0.05) is 11.0 Å². The molecule has 1 N–H and O–H groups in total. The van der Waals surface area contributed by atoms with Crippen molar-refractivity contribution in [3.63, 3.8) is 0 Å². The van der Waals surface area contributed by atoms with Crippen LogP contribution < -0.4 is 5.32 Å². The Labute approximate surface area is 94.8 Å². The van der Waals surface area contributed by atoms with E-state index in [0.717, 1.165) is 13.2 Å². The summed E-state index contributed by atoms with van der Waals surface area (Å²) in [4.78, 5) is 36.1. The lowest BCUT2D eigenvalue weighted by molar-refractivity contribution is -0.498. The molecule has 2 rings (SSSR count). The Hall–Kier alpha value is -2.51. The summed E-state index contributed by atoms with van der Waals surface area (Å²) in [7, 11) is 1.12. The number of nitrogens with zero attached hydrogens (tertiary/aromatic N) is 2. The van der Waals surface area contributed by atoms with E-state index in [9.17, 15) is 19.7 Å². The van der Waals surface area contributed by atoms with Gasteiger partial charge in [0.2, 0.25) is 0 Å². The second-order valence-corrected chi connectivity index (χ2v) is 3.33. The highest BCUT2D eigenvalue weighted by Crippen LogP contribution is 2.21. The predicted molar refractivity (Wildman–Crippen MR) is 54.9 cm³/mol. The Morgan fingerprint density at radius 2 is 2.35 bits per heavy atom. The van der Waals surface area contributed by atoms with E-state index in [1.807, 2.05) is 0 Å². The summed E-state index contributed by atoms with van der Waals surface area (Å²) >= 11 is 0. The zero-order valence-corrected chi connectivity index (χ0v) is 8.67. The van der Waals surface area contributed by atoms with Crippen LogP contribution in [0.4, 0.5) is 4.79 Å². The van der Waals surface area contributed by atoms with E-state index in [2.05, 4.69) is 15.0 Å². The summed E-state index contributed by atoms with van der Waals surface area (Å²) in [5.41, 5.74) is 0.286. The van der Waals surface area contributed by atoms with Crippen LogP contribution in [0, 0.1) is 10.1 Å². The number of fused-ring (bicyclic) bond motifs is 1. The number of rotatable bonds is 2. The maximum absolute atomic E-state index is 11.4. The van der Waals surface area contributed by atoms with Crippen LogP contribution in [-0.4, -0.2) is 35.8 Å². The number of amides is 2. The molecule has 1 heterocycles. The van der Waals surface area contributed by atoms with Crippen LogP contribution in [-0.2, 0) is 9.53 Å². The quantitative estimate of drug-likeness (QED) is 0.406. The molecule has 0 bridgehead atoms. The number of nitrogens with one attached hydrogen (secondary N) is 1. The van der Waals surface area contributed by atoms with Gasteiger partial charge >= 0.3 is 12.0 Å². The molecule has 8 heteroatoms. The van der Waals surface area contributed by atoms with E-state index in [0.29, 0.717) is 0 Å². The molecule has 1 aliphatic heterocycles. The monoisotopic (exact) mass is 237 g/mol. The summed E-state index contributed by atoms with van der Waals surface area (Å²) in [6.07, 6.45) is 2.35. The van der Waals surface area contributed by atoms with Crippen molar-refractivity contribution >= 4 is 17.7 Å². The molecular weight excluding hydrogens is 230 g/mol. The minimum atomic E-state index is -1.34. The van der Waals surface area contributed by atoms with E-state index in [1.165, 1.54) is 6.08 Å². The Morgan fingerprint density at radius 3 is 2.94 bits per heavy atom. The van der Waals surface area contributed by atoms with E-state index in [1.54, 1.807) is 0 Å². The van der Waals surface area contributed by atoms with E-state index in [4.69, 9.17) is 0 Å². The average molecular weight is 237 g/mol. The summed E-state index contributed by atoms with van der Waals surface area (Å²) in [5.74, 6) is -0.816. The number of carbonyl (C=O) groups excluding carboxylic acids is 2. The van der Waals surface area contributed by atoms with Gasteiger partial charge in [-0.1, -0.05) is 0 Å². The maximum Gasteiger partial charge on any atom is 0.346 e. The van der Waals surface area contributed by atoms with Crippen LogP contribution >= 0.6 is 0 Å². The SMILES string of the molecule is COC(=O)C1=CC2=NC(=O)NC2=CC1[N+](=O)[O-]. The molecule has 2 aliphatic rings. The van der Waals surface area contributed by atoms with Gasteiger partial charge in [-0.05, 0) is 6.08 Å². The Balaban J connectivity index is 2.45. The number of urea groups is 1. The molecule has 88 valence electrons. The molecule has 2 amide bonds. The molecule has 1 atom stereocenters. The molecule has 17 heavy (non-hydrogen) atoms. The molecule has 0 radical (unpaired) electrons. The number of methoxy groups -OCH3 is 1. The lowest BCUT2D eigenvalue weighted by Gasteiger charge is -2.13. The number of nitro groups is 1. The van der Waals surface area contributed by atoms with Crippen molar-refractivity contribution in [2.24, 2.45) is 4.99 Å². The maximum atomic E-state index is 11.4. The first-order chi connectivity index (χ1) is 8.02. The second-order valence-electron chi connectivity index (χ2n) is 3.33. The molecule has 0 saturated heterocycles. The van der Waals surface area contributed by atoms with Gasteiger partial charge < -0.3 is 10.1 Å². The predicted octanol–water partition coefficient (Wildman–Crippen LogP) is -0.207. The van der Waals surface area contributed by atoms with Gasteiger partial charge in [0.25, 0.3) is 6.04 Å². The number of allylic oxidation sites excluding steroid dienone is 1. The van der Waals surface area contributed by atoms with Crippen molar-refractivity contribution in [2.75, 3.05) is 7.11 Å². The highest BCUT2D eigenvalue weighted by Gasteiger charge is 2.36. The van der Waals surface area contributed by atoms with E-state index in [-0.39, 0.29) is 17.0 Å². The number of hydrogen-bond acceptors (Lipinski definition) is 5. The number of aliphatic imine (C=N–C) groups is 1. The fourth-order valence-electron chi connectivity index (χ4n) is 1.57. The highest BCUT2D eigenvalue weighted by molar-refractivity contribution is 6.21. The number of hydrogen-bond donors (Lipinski definition) is 1. The largest absolute Gasteiger partial charge is 0.465 e. The van der Waals surface area contributed by atoms with Crippen molar-refractivity contribution in [3.05, 3.63) is 33.5 Å². The van der Waals surface area contributed by atoms with Gasteiger partial charge in [0.05, 0.1) is 18.5 Å². The first kappa shape index (κ1) is 11.0. The van der Waals surface area contributed by atoms with Crippen molar-refractivity contribution in [3.8, 4) is 0 Å². The van der Waals surface area contributed by atoms with Crippen molar-refractivity contribution in [1.29, 1.82) is 0 Å². The summed E-state index contributed by atoms with van der Waals surface area (Å²) in [5, 5.41) is 13.2. The van der Waals surface area contributed by atoms with Crippen LogP contribution in [0.2, 0.25) is 0 Å². The fraction of sp³-hybridized carbons (Fsp3) is 0.222. The van der Waals surface area contributed by atoms with Gasteiger partial charge in [0.15, 0.2) is 0 Å². The molecule has 0 aromatic carbocycles. The van der Waals surface area contributed by atoms with Gasteiger partial charge in [-0.2, -0.15) is 4.99 Å². The minimum Gasteiger partial charge on any atom is -0.465 e. The van der Waals surface area contributed by atoms with Gasteiger partial charge in [-0.3, -0.25) is 10.1 Å². The summed E-state index contributed by atoms with van der Waals surface area (Å²) in [6, 6.07) is -1.95. The molecule has 0 fully saturated rings. The van der Waals surface area contributed by atoms with Crippen LogP contribution in [0.15, 0.2) is 28.4 Å². The van der Waals surface area contributed by atoms with E-state index < -0.39 is 23.0 Å². The molecule has 1 unspecified atom stereocenters. The molecule has 1 aliphatic carbocycles. The van der Waals surface area contributed by atoms with Crippen molar-refractivity contribution in [2.45, 2.75) is 6.04 Å². The lowest BCUT2D eigenvalue weighted by atomic mass is 9.98. The third-order valence-corrected chi connectivity index (χ3v) is 2.32. The molecule has 0 aromatic heterocycles. The second kappa shape index (κ2) is 3.81. The standard InChI is InChI=1S/C9H7N3O5/c1-17-8(13)4-2-5-6(11-9(14)10-5)3-7(4)12(15)16/h2-3,7H,1H3,(H,11,14). The van der Waals surface area contributed by atoms with Crippen molar-refractivity contribution in [1.82, 2.24) is 5.32 Å². The summed E-state index contributed by atoms with van der Waals surface area (Å²) in [6.45, 7) is 0. The number of carbonyl (C=O) groups is 2. The zero-order valence-electron chi connectivity index (χ0n) is 8.67. The number of ether oxygens (including phenoxy) is 1. The molecular formula is C9H7N3O5. The van der Waals surface area contributed by atoms with E-state index >= 15 is 0 Å². The summed E-state index contributed by atoms with van der Waals surface area (Å²) < 4.78 is 4.44. The molecule has 0 spiro atoms. The Kier molecular flexibility index (Phi) is 2.47. The van der Waals surface area contributed by atoms with Gasteiger partial charge in [-0.25, -0.2) is 9.59 Å². The van der Waals surface area contributed by atoms with Gasteiger partial charge in [-0.15, -0.1) is 0 Å². The first-order valence-corrected chi connectivity index (χ1v) is 4.58. The Morgan fingerprint density at radius 1 is 1.65 bits per heavy atom. The molecule has 0 saturated carbocycles. The minimum absolute atomic E-state index is 0.156. The van der Waals surface area contributed by atoms with Crippen LogP contribution in [0.1, 0.15) is 0 Å². The van der Waals surface area contributed by atoms with Crippen LogP contribution in [0.3, 0.4) is 0 Å². The zero-order chi connectivity index (χ0) is 12.6. The molecule has 0 aromatic rings. The first-order valence-electron chi connectivity index (χ1n) is 4.58. The average Bonchev–Trinajstić information content (AvgIpc) is 2.65. The van der Waals surface area contributed by atoms with Crippen molar-refractivity contribution < 1.29 is 19.2 Å². The number of esters is 1. The normalized spacial score (nSPS) is 21.8.